The second-order valence-electron chi connectivity index (χ2n) is 14.2. The second-order valence-corrected chi connectivity index (χ2v) is 14.2. The van der Waals surface area contributed by atoms with Crippen molar-refractivity contribution in [3.63, 3.8) is 0 Å². The molecule has 0 aromatic heterocycles. The Balaban J connectivity index is 1.46. The third kappa shape index (κ3) is 3.39. The van der Waals surface area contributed by atoms with Crippen molar-refractivity contribution in [2.75, 3.05) is 0 Å². The lowest BCUT2D eigenvalue weighted by Crippen LogP contribution is -2.60. The summed E-state index contributed by atoms with van der Waals surface area (Å²) in [4.78, 5) is 12.5. The molecule has 9 unspecified atom stereocenters. The zero-order valence-electron chi connectivity index (χ0n) is 23.1. The summed E-state index contributed by atoms with van der Waals surface area (Å²) in [6.07, 6.45) is 11.6. The Hall–Kier alpha value is -0.910. The molecule has 0 spiro atoms. The Morgan fingerprint density at radius 2 is 1.60 bits per heavy atom. The molecule has 5 rings (SSSR count). The lowest BCUT2D eigenvalue weighted by atomic mass is 9.38. The molecule has 0 radical (unpaired) electrons. The normalized spacial score (nSPS) is 53.5. The minimum Gasteiger partial charge on any atom is -0.431 e. The first-order valence-electron chi connectivity index (χ1n) is 14.2. The molecular formula is C30H48O5. The standard InChI is InChI=1S/C30H48O5/c1-8-22-21-12-16-28(6)23(26(21,4)14-13-24(31)34-22)10-9-19-20(11-15-27(19,28)5)29(7)17-18-30(33,35-29)25(2,3)32/h8,19-21,23,32-33H,9-18H2,1-7H3. The topological polar surface area (TPSA) is 76.0 Å². The van der Waals surface area contributed by atoms with Crippen molar-refractivity contribution in [1.82, 2.24) is 0 Å². The fourth-order valence-electron chi connectivity index (χ4n) is 10.1. The van der Waals surface area contributed by atoms with Gasteiger partial charge in [-0.1, -0.05) is 20.8 Å². The summed E-state index contributed by atoms with van der Waals surface area (Å²) in [6.45, 7) is 15.1. The molecule has 5 fully saturated rings. The third-order valence-electron chi connectivity index (χ3n) is 12.5. The number of cyclic esters (lactones) is 1. The highest BCUT2D eigenvalue weighted by Crippen LogP contribution is 2.75. The van der Waals surface area contributed by atoms with Crippen LogP contribution in [0.15, 0.2) is 11.8 Å². The van der Waals surface area contributed by atoms with Gasteiger partial charge < -0.3 is 19.7 Å². The van der Waals surface area contributed by atoms with Crippen LogP contribution in [0.5, 0.6) is 0 Å². The summed E-state index contributed by atoms with van der Waals surface area (Å²) in [6, 6.07) is 0. The van der Waals surface area contributed by atoms with Gasteiger partial charge in [0.15, 0.2) is 5.79 Å². The van der Waals surface area contributed by atoms with E-state index in [9.17, 15) is 15.0 Å². The zero-order chi connectivity index (χ0) is 25.7. The van der Waals surface area contributed by atoms with Crippen LogP contribution in [0.2, 0.25) is 0 Å². The van der Waals surface area contributed by atoms with Crippen LogP contribution in [0.1, 0.15) is 113 Å². The Morgan fingerprint density at radius 3 is 2.23 bits per heavy atom. The fourth-order valence-corrected chi connectivity index (χ4v) is 10.1. The minimum absolute atomic E-state index is 0.0677. The van der Waals surface area contributed by atoms with Crippen LogP contribution in [-0.2, 0) is 14.3 Å². The van der Waals surface area contributed by atoms with Crippen molar-refractivity contribution < 1.29 is 24.5 Å². The summed E-state index contributed by atoms with van der Waals surface area (Å²) in [5.74, 6) is 1.17. The maximum Gasteiger partial charge on any atom is 0.310 e. The van der Waals surface area contributed by atoms with Crippen LogP contribution in [-0.4, -0.2) is 33.2 Å². The number of carbonyl (C=O) groups excluding carboxylic acids is 1. The molecule has 5 aliphatic rings. The highest BCUT2D eigenvalue weighted by atomic mass is 16.7. The van der Waals surface area contributed by atoms with Crippen LogP contribution >= 0.6 is 0 Å². The van der Waals surface area contributed by atoms with Gasteiger partial charge in [0.25, 0.3) is 0 Å². The number of aliphatic hydroxyl groups is 2. The Kier molecular flexibility index (Phi) is 5.73. The van der Waals surface area contributed by atoms with Crippen molar-refractivity contribution in [3.05, 3.63) is 11.8 Å². The molecule has 5 heteroatoms. The van der Waals surface area contributed by atoms with Gasteiger partial charge in [-0.3, -0.25) is 4.79 Å². The monoisotopic (exact) mass is 488 g/mol. The lowest BCUT2D eigenvalue weighted by Gasteiger charge is -2.66. The molecule has 0 amide bonds. The maximum atomic E-state index is 12.5. The van der Waals surface area contributed by atoms with Gasteiger partial charge >= 0.3 is 5.97 Å². The molecule has 9 atom stereocenters. The molecule has 2 N–H and O–H groups in total. The average molecular weight is 489 g/mol. The highest BCUT2D eigenvalue weighted by Gasteiger charge is 2.69. The molecule has 3 saturated carbocycles. The van der Waals surface area contributed by atoms with E-state index in [-0.39, 0.29) is 22.2 Å². The van der Waals surface area contributed by atoms with Gasteiger partial charge in [-0.2, -0.15) is 0 Å². The molecule has 2 heterocycles. The molecule has 0 bridgehead atoms. The Morgan fingerprint density at radius 1 is 0.914 bits per heavy atom. The van der Waals surface area contributed by atoms with Crippen LogP contribution in [0.4, 0.5) is 0 Å². The molecule has 5 nitrogen and oxygen atoms in total. The quantitative estimate of drug-likeness (QED) is 0.458. The van der Waals surface area contributed by atoms with Crippen LogP contribution in [0.25, 0.3) is 0 Å². The number of ether oxygens (including phenoxy) is 2. The van der Waals surface area contributed by atoms with Crippen molar-refractivity contribution in [3.8, 4) is 0 Å². The summed E-state index contributed by atoms with van der Waals surface area (Å²) in [5, 5.41) is 21.8. The van der Waals surface area contributed by atoms with E-state index in [0.29, 0.717) is 36.5 Å². The number of allylic oxidation sites excluding steroid dienone is 2. The Labute approximate surface area is 212 Å². The fraction of sp³-hybridized carbons (Fsp3) is 0.900. The van der Waals surface area contributed by atoms with E-state index < -0.39 is 17.0 Å². The van der Waals surface area contributed by atoms with Crippen molar-refractivity contribution >= 4 is 5.97 Å². The highest BCUT2D eigenvalue weighted by molar-refractivity contribution is 5.71. The SMILES string of the molecule is CC=C1OC(=O)CCC2(C)C1CCC1(C)C2CCC2C(C3(C)CCC(O)(C(C)(C)O)O3)CCC21C. The predicted octanol–water partition coefficient (Wildman–Crippen LogP) is 6.12. The summed E-state index contributed by atoms with van der Waals surface area (Å²) < 4.78 is 12.3. The second kappa shape index (κ2) is 7.80. The van der Waals surface area contributed by atoms with Gasteiger partial charge in [-0.05, 0) is 119 Å². The van der Waals surface area contributed by atoms with Gasteiger partial charge in [0, 0.05) is 18.8 Å². The van der Waals surface area contributed by atoms with E-state index in [1.54, 1.807) is 13.8 Å². The van der Waals surface area contributed by atoms with Crippen LogP contribution in [0, 0.1) is 39.9 Å². The lowest BCUT2D eigenvalue weighted by molar-refractivity contribution is -0.305. The molecule has 3 aliphatic carbocycles. The minimum atomic E-state index is -1.48. The van der Waals surface area contributed by atoms with Gasteiger partial charge in [-0.25, -0.2) is 0 Å². The Bertz CT molecular complexity index is 920. The third-order valence-corrected chi connectivity index (χ3v) is 12.5. The van der Waals surface area contributed by atoms with E-state index in [2.05, 4.69) is 27.7 Å². The summed E-state index contributed by atoms with van der Waals surface area (Å²) >= 11 is 0. The van der Waals surface area contributed by atoms with E-state index in [1.807, 2.05) is 13.0 Å². The average Bonchev–Trinajstić information content (AvgIpc) is 3.26. The number of carbonyl (C=O) groups is 1. The van der Waals surface area contributed by atoms with E-state index in [4.69, 9.17) is 9.47 Å². The van der Waals surface area contributed by atoms with Gasteiger partial charge in [0.05, 0.1) is 5.60 Å². The molecule has 198 valence electrons. The van der Waals surface area contributed by atoms with E-state index in [1.165, 1.54) is 19.3 Å². The number of hydrogen-bond donors (Lipinski definition) is 2. The number of rotatable bonds is 2. The number of esters is 1. The van der Waals surface area contributed by atoms with Crippen molar-refractivity contribution in [2.45, 2.75) is 130 Å². The molecule has 0 aromatic carbocycles. The largest absolute Gasteiger partial charge is 0.431 e. The molecule has 2 aliphatic heterocycles. The first-order valence-corrected chi connectivity index (χ1v) is 14.2. The van der Waals surface area contributed by atoms with Crippen LogP contribution < -0.4 is 0 Å². The van der Waals surface area contributed by atoms with Crippen molar-refractivity contribution in [2.24, 2.45) is 39.9 Å². The first-order chi connectivity index (χ1) is 16.1. The van der Waals surface area contributed by atoms with Gasteiger partial charge in [-0.15, -0.1) is 0 Å². The van der Waals surface area contributed by atoms with Crippen molar-refractivity contribution in [1.29, 1.82) is 0 Å². The van der Waals surface area contributed by atoms with Gasteiger partial charge in [0.1, 0.15) is 11.4 Å². The first kappa shape index (κ1) is 25.7. The van der Waals surface area contributed by atoms with E-state index in [0.717, 1.165) is 37.9 Å². The molecule has 0 aromatic rings. The van der Waals surface area contributed by atoms with Gasteiger partial charge in [0.2, 0.25) is 0 Å². The predicted molar refractivity (Wildman–Crippen MR) is 135 cm³/mol. The zero-order valence-corrected chi connectivity index (χ0v) is 23.1. The molecule has 35 heavy (non-hydrogen) atoms. The summed E-state index contributed by atoms with van der Waals surface area (Å²) in [5.41, 5.74) is -1.23. The number of fused-ring (bicyclic) bond motifs is 5. The smallest absolute Gasteiger partial charge is 0.310 e. The van der Waals surface area contributed by atoms with Crippen LogP contribution in [0.3, 0.4) is 0 Å². The molecule has 2 saturated heterocycles. The summed E-state index contributed by atoms with van der Waals surface area (Å²) in [7, 11) is 0. The maximum absolute atomic E-state index is 12.5. The number of hydrogen-bond acceptors (Lipinski definition) is 5. The molecular weight excluding hydrogens is 440 g/mol. The van der Waals surface area contributed by atoms with E-state index >= 15 is 0 Å².